The molecule has 0 amide bonds. The molecule has 0 spiro atoms. The van der Waals surface area contributed by atoms with Crippen LogP contribution < -0.4 is 14.7 Å². The molecule has 3 heterocycles. The predicted molar refractivity (Wildman–Crippen MR) is 95.9 cm³/mol. The standard InChI is InChI=1S/C18H23N5O/c1-2-4-16(5-3-1)21-8-10-22(11-9-21)17-6-7-19-18(20-17)23-12-14-24-15-13-23/h1-7H,8-15H2. The molecule has 0 atom stereocenters. The lowest BCUT2D eigenvalue weighted by atomic mass is 10.2. The van der Waals surface area contributed by atoms with E-state index >= 15 is 0 Å². The fourth-order valence-corrected chi connectivity index (χ4v) is 3.26. The number of aromatic nitrogens is 2. The molecule has 2 aromatic rings. The van der Waals surface area contributed by atoms with Gasteiger partial charge in [0, 0.05) is 51.2 Å². The van der Waals surface area contributed by atoms with Crippen molar-refractivity contribution >= 4 is 17.5 Å². The molecule has 4 rings (SSSR count). The van der Waals surface area contributed by atoms with Gasteiger partial charge >= 0.3 is 0 Å². The van der Waals surface area contributed by atoms with Crippen LogP contribution in [0.1, 0.15) is 0 Å². The molecule has 2 saturated heterocycles. The van der Waals surface area contributed by atoms with Crippen LogP contribution in [0.3, 0.4) is 0 Å². The molecule has 6 nitrogen and oxygen atoms in total. The van der Waals surface area contributed by atoms with Crippen LogP contribution in [0.2, 0.25) is 0 Å². The molecule has 0 N–H and O–H groups in total. The van der Waals surface area contributed by atoms with Gasteiger partial charge in [0.15, 0.2) is 0 Å². The number of hydrogen-bond acceptors (Lipinski definition) is 6. The number of rotatable bonds is 3. The maximum Gasteiger partial charge on any atom is 0.227 e. The van der Waals surface area contributed by atoms with Crippen molar-refractivity contribution in [2.75, 3.05) is 67.2 Å². The largest absolute Gasteiger partial charge is 0.378 e. The highest BCUT2D eigenvalue weighted by atomic mass is 16.5. The lowest BCUT2D eigenvalue weighted by Gasteiger charge is -2.37. The molecule has 2 aliphatic heterocycles. The summed E-state index contributed by atoms with van der Waals surface area (Å²) in [4.78, 5) is 16.2. The van der Waals surface area contributed by atoms with Crippen LogP contribution in [-0.2, 0) is 4.74 Å². The number of benzene rings is 1. The summed E-state index contributed by atoms with van der Waals surface area (Å²) in [7, 11) is 0. The Balaban J connectivity index is 1.42. The minimum Gasteiger partial charge on any atom is -0.378 e. The minimum absolute atomic E-state index is 0.753. The molecule has 126 valence electrons. The zero-order valence-electron chi connectivity index (χ0n) is 13.8. The van der Waals surface area contributed by atoms with Gasteiger partial charge in [-0.15, -0.1) is 0 Å². The first-order chi connectivity index (χ1) is 11.9. The third-order valence-electron chi connectivity index (χ3n) is 4.65. The van der Waals surface area contributed by atoms with Crippen molar-refractivity contribution in [1.82, 2.24) is 9.97 Å². The van der Waals surface area contributed by atoms with Gasteiger partial charge in [-0.25, -0.2) is 4.98 Å². The molecular weight excluding hydrogens is 302 g/mol. The van der Waals surface area contributed by atoms with Crippen LogP contribution >= 0.6 is 0 Å². The molecular formula is C18H23N5O. The molecule has 0 radical (unpaired) electrons. The van der Waals surface area contributed by atoms with Crippen molar-refractivity contribution in [3.05, 3.63) is 42.6 Å². The highest BCUT2D eigenvalue weighted by Gasteiger charge is 2.20. The molecule has 0 saturated carbocycles. The van der Waals surface area contributed by atoms with E-state index in [4.69, 9.17) is 9.72 Å². The lowest BCUT2D eigenvalue weighted by molar-refractivity contribution is 0.122. The van der Waals surface area contributed by atoms with E-state index in [1.807, 2.05) is 12.3 Å². The van der Waals surface area contributed by atoms with Gasteiger partial charge in [0.05, 0.1) is 13.2 Å². The van der Waals surface area contributed by atoms with Crippen LogP contribution in [0.15, 0.2) is 42.6 Å². The van der Waals surface area contributed by atoms with Gasteiger partial charge in [-0.1, -0.05) is 18.2 Å². The first kappa shape index (κ1) is 15.2. The summed E-state index contributed by atoms with van der Waals surface area (Å²) in [5, 5.41) is 0. The fourth-order valence-electron chi connectivity index (χ4n) is 3.26. The summed E-state index contributed by atoms with van der Waals surface area (Å²) in [6.07, 6.45) is 1.87. The minimum atomic E-state index is 0.753. The maximum atomic E-state index is 5.41. The van der Waals surface area contributed by atoms with Crippen LogP contribution in [0.25, 0.3) is 0 Å². The summed E-state index contributed by atoms with van der Waals surface area (Å²) in [5.41, 5.74) is 1.30. The second-order valence-corrected chi connectivity index (χ2v) is 6.12. The molecule has 0 bridgehead atoms. The Labute approximate surface area is 142 Å². The lowest BCUT2D eigenvalue weighted by Crippen LogP contribution is -2.47. The summed E-state index contributed by atoms with van der Waals surface area (Å²) in [5.74, 6) is 1.85. The van der Waals surface area contributed by atoms with Gasteiger partial charge in [-0.2, -0.15) is 4.98 Å². The second-order valence-electron chi connectivity index (χ2n) is 6.12. The van der Waals surface area contributed by atoms with Gasteiger partial charge in [-0.3, -0.25) is 0 Å². The average molecular weight is 325 g/mol. The Morgan fingerprint density at radius 1 is 0.750 bits per heavy atom. The summed E-state index contributed by atoms with van der Waals surface area (Å²) < 4.78 is 5.41. The molecule has 1 aromatic heterocycles. The molecule has 2 aliphatic rings. The number of para-hydroxylation sites is 1. The van der Waals surface area contributed by atoms with Crippen molar-refractivity contribution in [1.29, 1.82) is 0 Å². The normalized spacial score (nSPS) is 18.8. The highest BCUT2D eigenvalue weighted by molar-refractivity contribution is 5.50. The topological polar surface area (TPSA) is 44.7 Å². The average Bonchev–Trinajstić information content (AvgIpc) is 2.70. The monoisotopic (exact) mass is 325 g/mol. The van der Waals surface area contributed by atoms with E-state index < -0.39 is 0 Å². The Morgan fingerprint density at radius 3 is 2.21 bits per heavy atom. The van der Waals surface area contributed by atoms with Crippen molar-refractivity contribution in [3.8, 4) is 0 Å². The van der Waals surface area contributed by atoms with Crippen molar-refractivity contribution in [2.45, 2.75) is 0 Å². The van der Waals surface area contributed by atoms with Crippen LogP contribution in [0.5, 0.6) is 0 Å². The van der Waals surface area contributed by atoms with Gasteiger partial charge in [0.2, 0.25) is 5.95 Å². The van der Waals surface area contributed by atoms with Gasteiger partial charge in [-0.05, 0) is 18.2 Å². The van der Waals surface area contributed by atoms with E-state index in [-0.39, 0.29) is 0 Å². The Bertz CT molecular complexity index is 651. The first-order valence-electron chi connectivity index (χ1n) is 8.61. The number of hydrogen-bond donors (Lipinski definition) is 0. The number of nitrogens with zero attached hydrogens (tertiary/aromatic N) is 5. The zero-order valence-corrected chi connectivity index (χ0v) is 13.8. The van der Waals surface area contributed by atoms with Crippen LogP contribution in [0, 0.1) is 0 Å². The van der Waals surface area contributed by atoms with Crippen molar-refractivity contribution in [3.63, 3.8) is 0 Å². The SMILES string of the molecule is c1ccc(N2CCN(c3ccnc(N4CCOCC4)n3)CC2)cc1. The Hall–Kier alpha value is -2.34. The highest BCUT2D eigenvalue weighted by Crippen LogP contribution is 2.20. The number of piperazine rings is 1. The molecule has 24 heavy (non-hydrogen) atoms. The second kappa shape index (κ2) is 7.05. The Kier molecular flexibility index (Phi) is 4.46. The van der Waals surface area contributed by atoms with Crippen molar-refractivity contribution < 1.29 is 4.74 Å². The van der Waals surface area contributed by atoms with E-state index in [1.54, 1.807) is 0 Å². The van der Waals surface area contributed by atoms with E-state index in [0.717, 1.165) is 64.2 Å². The van der Waals surface area contributed by atoms with E-state index in [2.05, 4.69) is 50.0 Å². The van der Waals surface area contributed by atoms with Gasteiger partial charge < -0.3 is 19.4 Å². The number of morpholine rings is 1. The van der Waals surface area contributed by atoms with Crippen molar-refractivity contribution in [2.24, 2.45) is 0 Å². The third-order valence-corrected chi connectivity index (χ3v) is 4.65. The molecule has 2 fully saturated rings. The molecule has 0 aliphatic carbocycles. The van der Waals surface area contributed by atoms with Crippen LogP contribution in [0.4, 0.5) is 17.5 Å². The van der Waals surface area contributed by atoms with E-state index in [1.165, 1.54) is 5.69 Å². The first-order valence-corrected chi connectivity index (χ1v) is 8.61. The number of ether oxygens (including phenoxy) is 1. The van der Waals surface area contributed by atoms with Gasteiger partial charge in [0.1, 0.15) is 5.82 Å². The number of anilines is 3. The van der Waals surface area contributed by atoms with E-state index in [9.17, 15) is 0 Å². The van der Waals surface area contributed by atoms with E-state index in [0.29, 0.717) is 0 Å². The zero-order chi connectivity index (χ0) is 16.2. The third kappa shape index (κ3) is 3.28. The Morgan fingerprint density at radius 2 is 1.46 bits per heavy atom. The molecule has 0 unspecified atom stereocenters. The smallest absolute Gasteiger partial charge is 0.227 e. The fraction of sp³-hybridized carbons (Fsp3) is 0.444. The van der Waals surface area contributed by atoms with Crippen LogP contribution in [-0.4, -0.2) is 62.5 Å². The summed E-state index contributed by atoms with van der Waals surface area (Å²) >= 11 is 0. The maximum absolute atomic E-state index is 5.41. The molecule has 1 aromatic carbocycles. The predicted octanol–water partition coefficient (Wildman–Crippen LogP) is 1.64. The molecule has 6 heteroatoms. The quantitative estimate of drug-likeness (QED) is 0.855. The summed E-state index contributed by atoms with van der Waals surface area (Å²) in [6, 6.07) is 12.6. The van der Waals surface area contributed by atoms with Gasteiger partial charge in [0.25, 0.3) is 0 Å². The summed E-state index contributed by atoms with van der Waals surface area (Å²) in [6.45, 7) is 7.23.